The van der Waals surface area contributed by atoms with Gasteiger partial charge in [-0.2, -0.15) is 0 Å². The molecule has 1 N–H and O–H groups in total. The van der Waals surface area contributed by atoms with Crippen LogP contribution in [0.2, 0.25) is 0 Å². The summed E-state index contributed by atoms with van der Waals surface area (Å²) in [5.74, 6) is -0.247. The highest BCUT2D eigenvalue weighted by Gasteiger charge is 2.14. The van der Waals surface area contributed by atoms with Crippen LogP contribution in [0.5, 0.6) is 0 Å². The SMILES string of the molecule is CNC(c1ccc(F)cc1)c1cnc2cc(Br)ccc2n1. The van der Waals surface area contributed by atoms with Crippen LogP contribution in [0.15, 0.2) is 53.1 Å². The predicted octanol–water partition coefficient (Wildman–Crippen LogP) is 3.84. The number of benzene rings is 2. The molecule has 0 aliphatic carbocycles. The van der Waals surface area contributed by atoms with E-state index in [2.05, 4.69) is 31.2 Å². The van der Waals surface area contributed by atoms with Crippen LogP contribution in [0.3, 0.4) is 0 Å². The normalized spacial score (nSPS) is 12.5. The molecule has 1 atom stereocenters. The fourth-order valence-corrected chi connectivity index (χ4v) is 2.63. The molecule has 3 rings (SSSR count). The van der Waals surface area contributed by atoms with Gasteiger partial charge in [0.25, 0.3) is 0 Å². The van der Waals surface area contributed by atoms with E-state index in [-0.39, 0.29) is 11.9 Å². The first kappa shape index (κ1) is 14.1. The molecule has 0 saturated carbocycles. The van der Waals surface area contributed by atoms with Crippen LogP contribution < -0.4 is 5.32 Å². The van der Waals surface area contributed by atoms with Gasteiger partial charge in [0.05, 0.1) is 29.0 Å². The summed E-state index contributed by atoms with van der Waals surface area (Å²) >= 11 is 3.42. The average molecular weight is 346 g/mol. The monoisotopic (exact) mass is 345 g/mol. The van der Waals surface area contributed by atoms with Crippen molar-refractivity contribution >= 4 is 27.0 Å². The highest BCUT2D eigenvalue weighted by atomic mass is 79.9. The van der Waals surface area contributed by atoms with Gasteiger partial charge in [0, 0.05) is 4.47 Å². The lowest BCUT2D eigenvalue weighted by molar-refractivity contribution is 0.622. The fourth-order valence-electron chi connectivity index (χ4n) is 2.28. The molecule has 0 radical (unpaired) electrons. The van der Waals surface area contributed by atoms with Gasteiger partial charge in [0.15, 0.2) is 0 Å². The van der Waals surface area contributed by atoms with Crippen molar-refractivity contribution in [3.05, 3.63) is 70.2 Å². The number of rotatable bonds is 3. The van der Waals surface area contributed by atoms with Crippen LogP contribution in [0.1, 0.15) is 17.3 Å². The van der Waals surface area contributed by atoms with E-state index in [0.29, 0.717) is 0 Å². The number of aromatic nitrogens is 2. The first-order valence-corrected chi connectivity index (χ1v) is 7.31. The first-order valence-electron chi connectivity index (χ1n) is 6.52. The molecule has 3 aromatic rings. The fraction of sp³-hybridized carbons (Fsp3) is 0.125. The van der Waals surface area contributed by atoms with Gasteiger partial charge in [-0.1, -0.05) is 28.1 Å². The molecule has 106 valence electrons. The molecular weight excluding hydrogens is 333 g/mol. The number of halogens is 2. The van der Waals surface area contributed by atoms with Gasteiger partial charge in [0.2, 0.25) is 0 Å². The summed E-state index contributed by atoms with van der Waals surface area (Å²) in [6.45, 7) is 0. The van der Waals surface area contributed by atoms with E-state index < -0.39 is 0 Å². The van der Waals surface area contributed by atoms with E-state index in [9.17, 15) is 4.39 Å². The molecule has 0 spiro atoms. The lowest BCUT2D eigenvalue weighted by Gasteiger charge is -2.16. The van der Waals surface area contributed by atoms with E-state index in [0.717, 1.165) is 26.8 Å². The maximum Gasteiger partial charge on any atom is 0.123 e. The number of hydrogen-bond donors (Lipinski definition) is 1. The molecule has 0 aliphatic heterocycles. The molecule has 3 nitrogen and oxygen atoms in total. The highest BCUT2D eigenvalue weighted by molar-refractivity contribution is 9.10. The molecule has 0 amide bonds. The third-order valence-corrected chi connectivity index (χ3v) is 3.80. The second kappa shape index (κ2) is 5.87. The Bertz CT molecular complexity index is 774. The van der Waals surface area contributed by atoms with Crippen LogP contribution in [0.25, 0.3) is 11.0 Å². The lowest BCUT2D eigenvalue weighted by Crippen LogP contribution is -2.19. The maximum absolute atomic E-state index is 13.0. The second-order valence-electron chi connectivity index (χ2n) is 4.70. The third-order valence-electron chi connectivity index (χ3n) is 3.31. The molecule has 5 heteroatoms. The first-order chi connectivity index (χ1) is 10.2. The zero-order valence-electron chi connectivity index (χ0n) is 11.3. The smallest absolute Gasteiger partial charge is 0.123 e. The Labute approximate surface area is 130 Å². The zero-order chi connectivity index (χ0) is 14.8. The predicted molar refractivity (Wildman–Crippen MR) is 84.5 cm³/mol. The standard InChI is InChI=1S/C16H13BrFN3/c1-19-16(10-2-5-12(18)6-3-10)15-9-20-14-8-11(17)4-7-13(14)21-15/h2-9,16,19H,1H3. The van der Waals surface area contributed by atoms with Gasteiger partial charge in [-0.05, 0) is 42.9 Å². The van der Waals surface area contributed by atoms with Crippen molar-refractivity contribution in [2.24, 2.45) is 0 Å². The summed E-state index contributed by atoms with van der Waals surface area (Å²) in [6, 6.07) is 12.1. The third kappa shape index (κ3) is 2.94. The Kier molecular flexibility index (Phi) is 3.94. The van der Waals surface area contributed by atoms with Crippen LogP contribution >= 0.6 is 15.9 Å². The van der Waals surface area contributed by atoms with Crippen molar-refractivity contribution in [2.75, 3.05) is 7.05 Å². The minimum absolute atomic E-state index is 0.119. The molecular formula is C16H13BrFN3. The molecule has 0 fully saturated rings. The molecule has 0 bridgehead atoms. The summed E-state index contributed by atoms with van der Waals surface area (Å²) in [4.78, 5) is 9.09. The average Bonchev–Trinajstić information content (AvgIpc) is 2.50. The Morgan fingerprint density at radius 1 is 1.10 bits per heavy atom. The van der Waals surface area contributed by atoms with Crippen molar-refractivity contribution in [3.63, 3.8) is 0 Å². The van der Waals surface area contributed by atoms with E-state index in [1.165, 1.54) is 12.1 Å². The number of nitrogens with one attached hydrogen (secondary N) is 1. The van der Waals surface area contributed by atoms with Crippen molar-refractivity contribution in [1.29, 1.82) is 0 Å². The molecule has 21 heavy (non-hydrogen) atoms. The van der Waals surface area contributed by atoms with Gasteiger partial charge in [-0.25, -0.2) is 9.37 Å². The minimum Gasteiger partial charge on any atom is -0.308 e. The van der Waals surface area contributed by atoms with Gasteiger partial charge in [0.1, 0.15) is 5.82 Å². The van der Waals surface area contributed by atoms with Gasteiger partial charge in [-0.15, -0.1) is 0 Å². The van der Waals surface area contributed by atoms with Crippen LogP contribution in [-0.2, 0) is 0 Å². The molecule has 1 unspecified atom stereocenters. The maximum atomic E-state index is 13.0. The quantitative estimate of drug-likeness (QED) is 0.783. The summed E-state index contributed by atoms with van der Waals surface area (Å²) in [5, 5.41) is 3.20. The van der Waals surface area contributed by atoms with E-state index in [4.69, 9.17) is 0 Å². The summed E-state index contributed by atoms with van der Waals surface area (Å²) in [7, 11) is 1.85. The van der Waals surface area contributed by atoms with Crippen molar-refractivity contribution < 1.29 is 4.39 Å². The Morgan fingerprint density at radius 2 is 1.86 bits per heavy atom. The van der Waals surface area contributed by atoms with Crippen LogP contribution in [0, 0.1) is 5.82 Å². The van der Waals surface area contributed by atoms with Gasteiger partial charge in [-0.3, -0.25) is 4.98 Å². The van der Waals surface area contributed by atoms with Crippen molar-refractivity contribution in [2.45, 2.75) is 6.04 Å². The van der Waals surface area contributed by atoms with Gasteiger partial charge < -0.3 is 5.32 Å². The molecule has 1 aromatic heterocycles. The number of nitrogens with zero attached hydrogens (tertiary/aromatic N) is 2. The minimum atomic E-state index is -0.247. The van der Waals surface area contributed by atoms with Crippen molar-refractivity contribution in [3.8, 4) is 0 Å². The Morgan fingerprint density at radius 3 is 2.57 bits per heavy atom. The van der Waals surface area contributed by atoms with Crippen LogP contribution in [0.4, 0.5) is 4.39 Å². The summed E-state index contributed by atoms with van der Waals surface area (Å²) in [6.07, 6.45) is 1.75. The molecule has 0 saturated heterocycles. The molecule has 0 aliphatic rings. The number of hydrogen-bond acceptors (Lipinski definition) is 3. The number of fused-ring (bicyclic) bond motifs is 1. The topological polar surface area (TPSA) is 37.8 Å². The van der Waals surface area contributed by atoms with Gasteiger partial charge >= 0.3 is 0 Å². The van der Waals surface area contributed by atoms with Crippen molar-refractivity contribution in [1.82, 2.24) is 15.3 Å². The van der Waals surface area contributed by atoms with Crippen LogP contribution in [-0.4, -0.2) is 17.0 Å². The second-order valence-corrected chi connectivity index (χ2v) is 5.62. The van der Waals surface area contributed by atoms with E-state index in [1.807, 2.05) is 25.2 Å². The molecule has 1 heterocycles. The zero-order valence-corrected chi connectivity index (χ0v) is 12.9. The summed E-state index contributed by atoms with van der Waals surface area (Å²) in [5.41, 5.74) is 3.42. The summed E-state index contributed by atoms with van der Waals surface area (Å²) < 4.78 is 14.0. The van der Waals surface area contributed by atoms with E-state index in [1.54, 1.807) is 18.3 Å². The van der Waals surface area contributed by atoms with E-state index >= 15 is 0 Å². The Hall–Kier alpha value is -1.85. The Balaban J connectivity index is 2.04. The molecule has 2 aromatic carbocycles. The lowest BCUT2D eigenvalue weighted by atomic mass is 10.0. The largest absolute Gasteiger partial charge is 0.308 e. The highest BCUT2D eigenvalue weighted by Crippen LogP contribution is 2.23.